The lowest BCUT2D eigenvalue weighted by molar-refractivity contribution is 0.813. The summed E-state index contributed by atoms with van der Waals surface area (Å²) >= 11 is 0. The first-order valence-corrected chi connectivity index (χ1v) is 6.94. The average Bonchev–Trinajstić information content (AvgIpc) is 2.37. The van der Waals surface area contributed by atoms with Crippen LogP contribution < -0.4 is 10.9 Å². The zero-order valence-electron chi connectivity index (χ0n) is 12.4. The van der Waals surface area contributed by atoms with E-state index in [4.69, 9.17) is 0 Å². The summed E-state index contributed by atoms with van der Waals surface area (Å²) in [5.74, 6) is 0.649. The van der Waals surface area contributed by atoms with Crippen LogP contribution in [0.15, 0.2) is 29.1 Å². The highest BCUT2D eigenvalue weighted by molar-refractivity contribution is 5.47. The van der Waals surface area contributed by atoms with E-state index in [0.717, 1.165) is 17.8 Å². The van der Waals surface area contributed by atoms with Crippen molar-refractivity contribution in [2.45, 2.75) is 40.2 Å². The fourth-order valence-electron chi connectivity index (χ4n) is 2.45. The lowest BCUT2D eigenvalue weighted by Crippen LogP contribution is -2.23. The molecule has 0 aliphatic heterocycles. The zero-order valence-corrected chi connectivity index (χ0v) is 12.4. The lowest BCUT2D eigenvalue weighted by atomic mass is 10.1. The predicted octanol–water partition coefficient (Wildman–Crippen LogP) is 3.12. The molecule has 1 aromatic heterocycles. The van der Waals surface area contributed by atoms with Crippen LogP contribution >= 0.6 is 0 Å². The van der Waals surface area contributed by atoms with Gasteiger partial charge < -0.3 is 10.3 Å². The minimum Gasteiger partial charge on any atom is -0.378 e. The molecule has 1 atom stereocenters. The Labute approximate surface area is 119 Å². The van der Waals surface area contributed by atoms with Crippen molar-refractivity contribution >= 4 is 5.69 Å². The molecular formula is C16H21N3O. The molecule has 1 heterocycles. The van der Waals surface area contributed by atoms with Gasteiger partial charge in [0.05, 0.1) is 17.3 Å². The number of benzene rings is 1. The lowest BCUT2D eigenvalue weighted by Gasteiger charge is -2.17. The summed E-state index contributed by atoms with van der Waals surface area (Å²) in [5.41, 5.74) is 3.70. The van der Waals surface area contributed by atoms with E-state index in [1.165, 1.54) is 5.56 Å². The summed E-state index contributed by atoms with van der Waals surface area (Å²) < 4.78 is 0. The molecule has 1 aromatic carbocycles. The van der Waals surface area contributed by atoms with Gasteiger partial charge in [-0.2, -0.15) is 0 Å². The smallest absolute Gasteiger partial charge is 0.256 e. The zero-order chi connectivity index (χ0) is 14.7. The molecule has 0 amide bonds. The molecule has 0 fully saturated rings. The van der Waals surface area contributed by atoms with E-state index in [1.54, 1.807) is 6.92 Å². The maximum absolute atomic E-state index is 12.1. The summed E-state index contributed by atoms with van der Waals surface area (Å²) in [7, 11) is 0. The van der Waals surface area contributed by atoms with Gasteiger partial charge in [0.25, 0.3) is 5.56 Å². The number of H-pyrrole nitrogens is 1. The summed E-state index contributed by atoms with van der Waals surface area (Å²) in [6.07, 6.45) is 0.996. The molecule has 0 saturated carbocycles. The molecule has 2 aromatic rings. The Bertz CT molecular complexity index is 661. The molecule has 20 heavy (non-hydrogen) atoms. The van der Waals surface area contributed by atoms with Crippen molar-refractivity contribution in [3.8, 4) is 0 Å². The molecule has 2 rings (SSSR count). The van der Waals surface area contributed by atoms with E-state index in [1.807, 2.05) is 26.0 Å². The molecule has 0 radical (unpaired) electrons. The highest BCUT2D eigenvalue weighted by Gasteiger charge is 2.14. The van der Waals surface area contributed by atoms with E-state index in [0.29, 0.717) is 11.4 Å². The van der Waals surface area contributed by atoms with Gasteiger partial charge in [-0.1, -0.05) is 19.1 Å². The first-order valence-electron chi connectivity index (χ1n) is 6.94. The van der Waals surface area contributed by atoms with E-state index >= 15 is 0 Å². The Morgan fingerprint density at radius 3 is 2.75 bits per heavy atom. The number of aromatic amines is 1. The minimum atomic E-state index is -0.0843. The normalized spacial score (nSPS) is 12.2. The van der Waals surface area contributed by atoms with Gasteiger partial charge in [0.15, 0.2) is 0 Å². The van der Waals surface area contributed by atoms with Gasteiger partial charge in [-0.25, -0.2) is 4.98 Å². The summed E-state index contributed by atoms with van der Waals surface area (Å²) in [6, 6.07) is 8.17. The van der Waals surface area contributed by atoms with Crippen molar-refractivity contribution in [1.82, 2.24) is 9.97 Å². The van der Waals surface area contributed by atoms with Gasteiger partial charge in [0.2, 0.25) is 0 Å². The van der Waals surface area contributed by atoms with Gasteiger partial charge >= 0.3 is 0 Å². The van der Waals surface area contributed by atoms with Gasteiger partial charge in [-0.05, 0) is 44.9 Å². The molecular weight excluding hydrogens is 250 g/mol. The maximum Gasteiger partial charge on any atom is 0.256 e. The number of nitrogens with zero attached hydrogens (tertiary/aromatic N) is 1. The van der Waals surface area contributed by atoms with Crippen molar-refractivity contribution < 1.29 is 0 Å². The van der Waals surface area contributed by atoms with Crippen LogP contribution in [0.1, 0.15) is 42.5 Å². The average molecular weight is 271 g/mol. The van der Waals surface area contributed by atoms with E-state index in [9.17, 15) is 4.79 Å². The number of hydrogen-bond acceptors (Lipinski definition) is 3. The van der Waals surface area contributed by atoms with Crippen molar-refractivity contribution in [3.63, 3.8) is 0 Å². The number of rotatable bonds is 4. The third kappa shape index (κ3) is 3.07. The molecule has 4 nitrogen and oxygen atoms in total. The number of aryl methyl sites for hydroxylation is 3. The highest BCUT2D eigenvalue weighted by Crippen LogP contribution is 2.19. The Morgan fingerprint density at radius 2 is 2.10 bits per heavy atom. The molecule has 106 valence electrons. The van der Waals surface area contributed by atoms with Crippen LogP contribution in [0.2, 0.25) is 0 Å². The van der Waals surface area contributed by atoms with Gasteiger partial charge in [-0.3, -0.25) is 4.79 Å². The van der Waals surface area contributed by atoms with Crippen molar-refractivity contribution in [3.05, 3.63) is 57.3 Å². The van der Waals surface area contributed by atoms with Crippen molar-refractivity contribution in [2.75, 3.05) is 5.32 Å². The van der Waals surface area contributed by atoms with Crippen LogP contribution in [0, 0.1) is 13.8 Å². The number of aromatic nitrogens is 2. The van der Waals surface area contributed by atoms with Crippen LogP contribution in [0.5, 0.6) is 0 Å². The molecule has 0 aliphatic carbocycles. The largest absolute Gasteiger partial charge is 0.378 e. The van der Waals surface area contributed by atoms with Crippen LogP contribution in [0.4, 0.5) is 5.69 Å². The van der Waals surface area contributed by atoms with E-state index in [-0.39, 0.29) is 11.6 Å². The molecule has 0 bridgehead atoms. The van der Waals surface area contributed by atoms with Crippen LogP contribution in [0.25, 0.3) is 0 Å². The second kappa shape index (κ2) is 5.90. The molecule has 0 spiro atoms. The monoisotopic (exact) mass is 271 g/mol. The topological polar surface area (TPSA) is 57.8 Å². The second-order valence-corrected chi connectivity index (χ2v) is 5.07. The molecule has 0 saturated heterocycles. The maximum atomic E-state index is 12.1. The molecule has 0 aliphatic rings. The van der Waals surface area contributed by atoms with Crippen molar-refractivity contribution in [1.29, 1.82) is 0 Å². The number of nitrogens with one attached hydrogen (secondary N) is 2. The minimum absolute atomic E-state index is 0.0679. The predicted molar refractivity (Wildman–Crippen MR) is 82.2 cm³/mol. The van der Waals surface area contributed by atoms with Crippen LogP contribution in [-0.4, -0.2) is 9.97 Å². The van der Waals surface area contributed by atoms with Crippen molar-refractivity contribution in [2.24, 2.45) is 0 Å². The standard InChI is InChI=1S/C16H21N3O/c1-5-13-7-6-8-14(9-13)18-11(3)15-10(2)17-12(4)19-16(15)20/h6-9,11,18H,5H2,1-4H3,(H,17,19,20). The first kappa shape index (κ1) is 14.3. The van der Waals surface area contributed by atoms with Crippen LogP contribution in [-0.2, 0) is 6.42 Å². The Kier molecular flexibility index (Phi) is 4.23. The van der Waals surface area contributed by atoms with Gasteiger partial charge in [-0.15, -0.1) is 0 Å². The SMILES string of the molecule is CCc1cccc(NC(C)c2c(C)nc(C)[nH]c2=O)c1. The fraction of sp³-hybridized carbons (Fsp3) is 0.375. The van der Waals surface area contributed by atoms with Gasteiger partial charge in [0.1, 0.15) is 5.82 Å². The number of hydrogen-bond donors (Lipinski definition) is 2. The third-order valence-corrected chi connectivity index (χ3v) is 3.42. The molecule has 2 N–H and O–H groups in total. The molecule has 1 unspecified atom stereocenters. The Morgan fingerprint density at radius 1 is 1.35 bits per heavy atom. The van der Waals surface area contributed by atoms with Gasteiger partial charge in [0, 0.05) is 5.69 Å². The van der Waals surface area contributed by atoms with Crippen LogP contribution in [0.3, 0.4) is 0 Å². The first-order chi connectivity index (χ1) is 9.51. The summed E-state index contributed by atoms with van der Waals surface area (Å²) in [4.78, 5) is 19.2. The summed E-state index contributed by atoms with van der Waals surface area (Å²) in [5, 5.41) is 3.37. The number of anilines is 1. The highest BCUT2D eigenvalue weighted by atomic mass is 16.1. The quantitative estimate of drug-likeness (QED) is 0.898. The third-order valence-electron chi connectivity index (χ3n) is 3.42. The van der Waals surface area contributed by atoms with E-state index < -0.39 is 0 Å². The Hall–Kier alpha value is -2.10. The fourth-order valence-corrected chi connectivity index (χ4v) is 2.45. The van der Waals surface area contributed by atoms with E-state index in [2.05, 4.69) is 34.3 Å². The second-order valence-electron chi connectivity index (χ2n) is 5.07. The molecule has 4 heteroatoms. The summed E-state index contributed by atoms with van der Waals surface area (Å²) in [6.45, 7) is 7.77. The Balaban J connectivity index is 2.28.